The van der Waals surface area contributed by atoms with E-state index in [0.29, 0.717) is 12.8 Å². The number of benzene rings is 1. The SMILES string of the molecule is O=C(NNc1ccc(F)c(F)c1F)C1(O)CCCC1. The number of anilines is 1. The molecule has 0 aliphatic heterocycles. The molecule has 0 saturated heterocycles. The average Bonchev–Trinajstić information content (AvgIpc) is 2.83. The maximum atomic E-state index is 13.3. The van der Waals surface area contributed by atoms with Gasteiger partial charge in [-0.3, -0.25) is 15.6 Å². The Morgan fingerprint density at radius 2 is 1.79 bits per heavy atom. The highest BCUT2D eigenvalue weighted by atomic mass is 19.2. The van der Waals surface area contributed by atoms with E-state index in [9.17, 15) is 23.1 Å². The number of amides is 1. The molecule has 0 atom stereocenters. The van der Waals surface area contributed by atoms with Crippen LogP contribution in [0.5, 0.6) is 0 Å². The number of hydrogen-bond donors (Lipinski definition) is 3. The Kier molecular flexibility index (Phi) is 3.66. The lowest BCUT2D eigenvalue weighted by Gasteiger charge is -2.21. The summed E-state index contributed by atoms with van der Waals surface area (Å²) in [4.78, 5) is 11.7. The monoisotopic (exact) mass is 274 g/mol. The van der Waals surface area contributed by atoms with Crippen molar-refractivity contribution < 1.29 is 23.1 Å². The predicted octanol–water partition coefficient (Wildman–Crippen LogP) is 1.85. The number of halogens is 3. The first-order valence-corrected chi connectivity index (χ1v) is 5.86. The maximum Gasteiger partial charge on any atom is 0.270 e. The summed E-state index contributed by atoms with van der Waals surface area (Å²) in [6, 6.07) is 1.68. The van der Waals surface area contributed by atoms with Gasteiger partial charge in [-0.05, 0) is 37.8 Å². The fourth-order valence-electron chi connectivity index (χ4n) is 2.05. The van der Waals surface area contributed by atoms with Crippen molar-refractivity contribution in [1.82, 2.24) is 5.43 Å². The van der Waals surface area contributed by atoms with Crippen LogP contribution in [0, 0.1) is 17.5 Å². The van der Waals surface area contributed by atoms with Crippen LogP contribution in [0.1, 0.15) is 25.7 Å². The number of carbonyl (C=O) groups excluding carboxylic acids is 1. The van der Waals surface area contributed by atoms with Gasteiger partial charge in [-0.1, -0.05) is 0 Å². The number of hydrazine groups is 1. The van der Waals surface area contributed by atoms with E-state index in [1.54, 1.807) is 0 Å². The largest absolute Gasteiger partial charge is 0.380 e. The van der Waals surface area contributed by atoms with Crippen molar-refractivity contribution in [1.29, 1.82) is 0 Å². The maximum absolute atomic E-state index is 13.3. The molecule has 0 unspecified atom stereocenters. The van der Waals surface area contributed by atoms with E-state index in [1.165, 1.54) is 0 Å². The lowest BCUT2D eigenvalue weighted by Crippen LogP contribution is -2.47. The Bertz CT molecular complexity index is 502. The van der Waals surface area contributed by atoms with Gasteiger partial charge < -0.3 is 5.11 Å². The first kappa shape index (κ1) is 13.7. The highest BCUT2D eigenvalue weighted by Crippen LogP contribution is 2.29. The highest BCUT2D eigenvalue weighted by Gasteiger charge is 2.38. The van der Waals surface area contributed by atoms with E-state index >= 15 is 0 Å². The van der Waals surface area contributed by atoms with Gasteiger partial charge in [0.25, 0.3) is 5.91 Å². The summed E-state index contributed by atoms with van der Waals surface area (Å²) in [5.74, 6) is -5.09. The smallest absolute Gasteiger partial charge is 0.270 e. The van der Waals surface area contributed by atoms with Crippen molar-refractivity contribution in [2.75, 3.05) is 5.43 Å². The van der Waals surface area contributed by atoms with Gasteiger partial charge in [0.1, 0.15) is 5.60 Å². The van der Waals surface area contributed by atoms with Crippen molar-refractivity contribution >= 4 is 11.6 Å². The molecular formula is C12H13F3N2O2. The van der Waals surface area contributed by atoms with E-state index in [2.05, 4.69) is 10.9 Å². The van der Waals surface area contributed by atoms with Crippen molar-refractivity contribution in [3.05, 3.63) is 29.6 Å². The lowest BCUT2D eigenvalue weighted by molar-refractivity contribution is -0.138. The fraction of sp³-hybridized carbons (Fsp3) is 0.417. The molecule has 104 valence electrons. The highest BCUT2D eigenvalue weighted by molar-refractivity contribution is 5.86. The van der Waals surface area contributed by atoms with Crippen LogP contribution >= 0.6 is 0 Å². The van der Waals surface area contributed by atoms with E-state index in [-0.39, 0.29) is 0 Å². The number of nitrogens with one attached hydrogen (secondary N) is 2. The van der Waals surface area contributed by atoms with Crippen LogP contribution in [-0.2, 0) is 4.79 Å². The molecule has 1 aliphatic carbocycles. The first-order valence-electron chi connectivity index (χ1n) is 5.86. The minimum absolute atomic E-state index is 0.320. The summed E-state index contributed by atoms with van der Waals surface area (Å²) in [7, 11) is 0. The second-order valence-electron chi connectivity index (χ2n) is 4.54. The number of carbonyl (C=O) groups is 1. The van der Waals surface area contributed by atoms with E-state index in [0.717, 1.165) is 25.0 Å². The Hall–Kier alpha value is -1.76. The molecule has 3 N–H and O–H groups in total. The lowest BCUT2D eigenvalue weighted by atomic mass is 10.0. The van der Waals surface area contributed by atoms with Crippen molar-refractivity contribution in [2.45, 2.75) is 31.3 Å². The molecular weight excluding hydrogens is 261 g/mol. The number of rotatable bonds is 3. The predicted molar refractivity (Wildman–Crippen MR) is 61.5 cm³/mol. The zero-order chi connectivity index (χ0) is 14.0. The van der Waals surface area contributed by atoms with Gasteiger partial charge in [-0.2, -0.15) is 0 Å². The molecule has 0 bridgehead atoms. The molecule has 1 aliphatic rings. The molecule has 1 amide bonds. The van der Waals surface area contributed by atoms with Crippen molar-refractivity contribution in [3.63, 3.8) is 0 Å². The third-order valence-electron chi connectivity index (χ3n) is 3.20. The minimum atomic E-state index is -1.63. The Labute approximate surface area is 107 Å². The van der Waals surface area contributed by atoms with Gasteiger partial charge in [0.05, 0.1) is 5.69 Å². The summed E-state index contributed by atoms with van der Waals surface area (Å²) in [5.41, 5.74) is 2.35. The van der Waals surface area contributed by atoms with Crippen LogP contribution in [0.15, 0.2) is 12.1 Å². The summed E-state index contributed by atoms with van der Waals surface area (Å²) in [6.45, 7) is 0. The van der Waals surface area contributed by atoms with Crippen LogP contribution in [-0.4, -0.2) is 16.6 Å². The van der Waals surface area contributed by atoms with Gasteiger partial charge in [0.15, 0.2) is 17.5 Å². The zero-order valence-corrected chi connectivity index (χ0v) is 9.97. The molecule has 7 heteroatoms. The zero-order valence-electron chi connectivity index (χ0n) is 9.97. The standard InChI is InChI=1S/C12H13F3N2O2/c13-7-3-4-8(10(15)9(7)14)16-17-11(18)12(19)5-1-2-6-12/h3-4,16,19H,1-2,5-6H2,(H,17,18). The number of aliphatic hydroxyl groups is 1. The van der Waals surface area contributed by atoms with Crippen molar-refractivity contribution in [2.24, 2.45) is 0 Å². The first-order chi connectivity index (χ1) is 8.94. The molecule has 0 spiro atoms. The van der Waals surface area contributed by atoms with Crippen LogP contribution in [0.25, 0.3) is 0 Å². The second kappa shape index (κ2) is 5.08. The molecule has 1 saturated carbocycles. The molecule has 0 heterocycles. The van der Waals surface area contributed by atoms with Gasteiger partial charge in [0, 0.05) is 0 Å². The summed E-state index contributed by atoms with van der Waals surface area (Å²) in [5, 5.41) is 9.93. The topological polar surface area (TPSA) is 61.4 Å². The Morgan fingerprint density at radius 1 is 1.16 bits per heavy atom. The molecule has 2 rings (SSSR count). The Morgan fingerprint density at radius 3 is 2.42 bits per heavy atom. The minimum Gasteiger partial charge on any atom is -0.380 e. The van der Waals surface area contributed by atoms with Crippen LogP contribution in [0.3, 0.4) is 0 Å². The second-order valence-corrected chi connectivity index (χ2v) is 4.54. The molecule has 1 aromatic carbocycles. The Balaban J connectivity index is 2.03. The fourth-order valence-corrected chi connectivity index (χ4v) is 2.05. The van der Waals surface area contributed by atoms with Crippen LogP contribution in [0.2, 0.25) is 0 Å². The normalized spacial score (nSPS) is 17.3. The van der Waals surface area contributed by atoms with Crippen molar-refractivity contribution in [3.8, 4) is 0 Å². The van der Waals surface area contributed by atoms with Crippen LogP contribution in [0.4, 0.5) is 18.9 Å². The molecule has 1 fully saturated rings. The average molecular weight is 274 g/mol. The summed E-state index contributed by atoms with van der Waals surface area (Å²) < 4.78 is 38.9. The summed E-state index contributed by atoms with van der Waals surface area (Å²) in [6.07, 6.45) is 2.09. The molecule has 0 radical (unpaired) electrons. The van der Waals surface area contributed by atoms with Gasteiger partial charge in [0.2, 0.25) is 0 Å². The molecule has 0 aromatic heterocycles. The number of hydrogen-bond acceptors (Lipinski definition) is 3. The van der Waals surface area contributed by atoms with E-state index in [1.807, 2.05) is 0 Å². The molecule has 1 aromatic rings. The third kappa shape index (κ3) is 2.65. The summed E-state index contributed by atoms with van der Waals surface area (Å²) >= 11 is 0. The van der Waals surface area contributed by atoms with Gasteiger partial charge >= 0.3 is 0 Å². The van der Waals surface area contributed by atoms with Crippen LogP contribution < -0.4 is 10.9 Å². The van der Waals surface area contributed by atoms with Gasteiger partial charge in [-0.15, -0.1) is 0 Å². The van der Waals surface area contributed by atoms with E-state index in [4.69, 9.17) is 0 Å². The third-order valence-corrected chi connectivity index (χ3v) is 3.20. The van der Waals surface area contributed by atoms with E-state index < -0.39 is 34.6 Å². The quantitative estimate of drug-likeness (QED) is 0.582. The molecule has 19 heavy (non-hydrogen) atoms. The molecule has 4 nitrogen and oxygen atoms in total. The van der Waals surface area contributed by atoms with Gasteiger partial charge in [-0.25, -0.2) is 13.2 Å².